The first-order chi connectivity index (χ1) is 7.42. The summed E-state index contributed by atoms with van der Waals surface area (Å²) in [5.74, 6) is 1.57. The van der Waals surface area contributed by atoms with Crippen molar-refractivity contribution in [2.24, 2.45) is 0 Å². The van der Waals surface area contributed by atoms with Gasteiger partial charge < -0.3 is 5.73 Å². The van der Waals surface area contributed by atoms with Crippen LogP contribution in [0, 0.1) is 0 Å². The number of nitrogen functional groups attached to an aromatic ring is 1. The van der Waals surface area contributed by atoms with Gasteiger partial charge in [-0.1, -0.05) is 6.92 Å². The van der Waals surface area contributed by atoms with Crippen LogP contribution in [0.5, 0.6) is 0 Å². The fraction of sp³-hybridized carbons (Fsp3) is 0.667. The normalized spacial score (nSPS) is 11.9. The molecule has 92 valence electrons. The van der Waals surface area contributed by atoms with Gasteiger partial charge in [-0.15, -0.1) is 11.8 Å². The second-order valence-corrected chi connectivity index (χ2v) is 6.98. The van der Waals surface area contributed by atoms with Gasteiger partial charge in [-0.2, -0.15) is 5.10 Å². The fourth-order valence-electron chi connectivity index (χ4n) is 1.12. The molecule has 1 rings (SSSR count). The second-order valence-electron chi connectivity index (χ2n) is 3.61. The van der Waals surface area contributed by atoms with Gasteiger partial charge in [0.05, 0.1) is 12.3 Å². The van der Waals surface area contributed by atoms with Crippen LogP contribution in [0.25, 0.3) is 0 Å². The van der Waals surface area contributed by atoms with Crippen molar-refractivity contribution in [2.75, 3.05) is 23.5 Å². The Morgan fingerprint density at radius 1 is 1.56 bits per heavy atom. The molecule has 0 saturated carbocycles. The Kier molecular flexibility index (Phi) is 4.67. The molecule has 5 nitrogen and oxygen atoms in total. The minimum Gasteiger partial charge on any atom is -0.384 e. The molecule has 0 aliphatic rings. The van der Waals surface area contributed by atoms with E-state index in [1.165, 1.54) is 6.26 Å². The lowest BCUT2D eigenvalue weighted by Crippen LogP contribution is -2.13. The molecular formula is C9H17N3O2S2. The highest BCUT2D eigenvalue weighted by Gasteiger charge is 2.08. The molecule has 16 heavy (non-hydrogen) atoms. The molecule has 0 radical (unpaired) electrons. The summed E-state index contributed by atoms with van der Waals surface area (Å²) < 4.78 is 23.6. The monoisotopic (exact) mass is 263 g/mol. The molecule has 1 aromatic rings. The molecule has 0 bridgehead atoms. The van der Waals surface area contributed by atoms with E-state index in [9.17, 15) is 8.42 Å². The van der Waals surface area contributed by atoms with Crippen molar-refractivity contribution in [3.63, 3.8) is 0 Å². The van der Waals surface area contributed by atoms with Crippen LogP contribution < -0.4 is 5.73 Å². The van der Waals surface area contributed by atoms with Crippen molar-refractivity contribution < 1.29 is 8.42 Å². The van der Waals surface area contributed by atoms with Gasteiger partial charge in [-0.05, 0) is 12.2 Å². The smallest absolute Gasteiger partial charge is 0.149 e. The SMILES string of the molecule is CCCSc1cc(N)n(CCS(C)(=O)=O)n1. The van der Waals surface area contributed by atoms with Gasteiger partial charge in [0.25, 0.3) is 0 Å². The van der Waals surface area contributed by atoms with Gasteiger partial charge in [0.15, 0.2) is 0 Å². The molecule has 0 amide bonds. The van der Waals surface area contributed by atoms with Crippen LogP contribution in [0.1, 0.15) is 13.3 Å². The van der Waals surface area contributed by atoms with E-state index in [1.54, 1.807) is 22.5 Å². The number of hydrogen-bond acceptors (Lipinski definition) is 5. The number of hydrogen-bond donors (Lipinski definition) is 1. The van der Waals surface area contributed by atoms with Crippen LogP contribution >= 0.6 is 11.8 Å². The Bertz CT molecular complexity index is 440. The van der Waals surface area contributed by atoms with Crippen LogP contribution in [-0.4, -0.2) is 36.0 Å². The summed E-state index contributed by atoms with van der Waals surface area (Å²) >= 11 is 1.63. The third kappa shape index (κ3) is 4.44. The molecule has 0 spiro atoms. The number of aromatic nitrogens is 2. The summed E-state index contributed by atoms with van der Waals surface area (Å²) in [6.07, 6.45) is 2.28. The molecule has 0 saturated heterocycles. The zero-order chi connectivity index (χ0) is 12.2. The molecule has 0 atom stereocenters. The van der Waals surface area contributed by atoms with Crippen LogP contribution in [-0.2, 0) is 16.4 Å². The maximum Gasteiger partial charge on any atom is 0.149 e. The summed E-state index contributed by atoms with van der Waals surface area (Å²) in [6, 6.07) is 1.78. The van der Waals surface area contributed by atoms with E-state index in [2.05, 4.69) is 12.0 Å². The molecule has 7 heteroatoms. The van der Waals surface area contributed by atoms with E-state index in [1.807, 2.05) is 0 Å². The lowest BCUT2D eigenvalue weighted by molar-refractivity contribution is 0.585. The minimum atomic E-state index is -2.97. The van der Waals surface area contributed by atoms with Crippen LogP contribution in [0.3, 0.4) is 0 Å². The molecule has 2 N–H and O–H groups in total. The third-order valence-electron chi connectivity index (χ3n) is 1.92. The lowest BCUT2D eigenvalue weighted by atomic mass is 10.6. The van der Waals surface area contributed by atoms with Crippen LogP contribution in [0.15, 0.2) is 11.1 Å². The molecule has 0 fully saturated rings. The van der Waals surface area contributed by atoms with E-state index >= 15 is 0 Å². The summed E-state index contributed by atoms with van der Waals surface area (Å²) in [7, 11) is -2.97. The highest BCUT2D eigenvalue weighted by molar-refractivity contribution is 7.99. The average molecular weight is 263 g/mol. The Hall–Kier alpha value is -0.690. The average Bonchev–Trinajstić information content (AvgIpc) is 2.52. The predicted molar refractivity (Wildman–Crippen MR) is 67.4 cm³/mol. The maximum absolute atomic E-state index is 11.0. The number of anilines is 1. The van der Waals surface area contributed by atoms with Crippen molar-refractivity contribution in [1.82, 2.24) is 9.78 Å². The number of thioether (sulfide) groups is 1. The first-order valence-corrected chi connectivity index (χ1v) is 8.11. The number of aryl methyl sites for hydroxylation is 1. The van der Waals surface area contributed by atoms with Gasteiger partial charge >= 0.3 is 0 Å². The topological polar surface area (TPSA) is 78.0 Å². The van der Waals surface area contributed by atoms with E-state index in [0.29, 0.717) is 12.4 Å². The van der Waals surface area contributed by atoms with E-state index in [-0.39, 0.29) is 5.75 Å². The number of nitrogens with zero attached hydrogens (tertiary/aromatic N) is 2. The van der Waals surface area contributed by atoms with Crippen molar-refractivity contribution in [3.05, 3.63) is 6.07 Å². The van der Waals surface area contributed by atoms with Crippen LogP contribution in [0.4, 0.5) is 5.82 Å². The number of sulfone groups is 1. The van der Waals surface area contributed by atoms with Crippen molar-refractivity contribution in [3.8, 4) is 0 Å². The summed E-state index contributed by atoms with van der Waals surface area (Å²) in [5.41, 5.74) is 5.73. The van der Waals surface area contributed by atoms with Gasteiger partial charge in [0.1, 0.15) is 20.7 Å². The summed E-state index contributed by atoms with van der Waals surface area (Å²) in [6.45, 7) is 2.41. The molecule has 0 aromatic carbocycles. The minimum absolute atomic E-state index is 0.0662. The van der Waals surface area contributed by atoms with Crippen molar-refractivity contribution >= 4 is 27.4 Å². The van der Waals surface area contributed by atoms with E-state index in [0.717, 1.165) is 17.2 Å². The Labute approximate surface area is 100 Å². The van der Waals surface area contributed by atoms with E-state index < -0.39 is 9.84 Å². The molecule has 0 aliphatic heterocycles. The van der Waals surface area contributed by atoms with Gasteiger partial charge in [-0.25, -0.2) is 13.1 Å². The number of nitrogens with two attached hydrogens (primary N) is 1. The summed E-state index contributed by atoms with van der Waals surface area (Å²) in [4.78, 5) is 0. The number of rotatable bonds is 6. The fourth-order valence-corrected chi connectivity index (χ4v) is 2.39. The Morgan fingerprint density at radius 3 is 2.81 bits per heavy atom. The van der Waals surface area contributed by atoms with Crippen molar-refractivity contribution in [2.45, 2.75) is 24.9 Å². The first kappa shape index (κ1) is 13.4. The quantitative estimate of drug-likeness (QED) is 0.775. The van der Waals surface area contributed by atoms with Gasteiger partial charge in [-0.3, -0.25) is 0 Å². The Balaban J connectivity index is 2.63. The van der Waals surface area contributed by atoms with Crippen molar-refractivity contribution in [1.29, 1.82) is 0 Å². The zero-order valence-corrected chi connectivity index (χ0v) is 11.1. The first-order valence-electron chi connectivity index (χ1n) is 5.06. The maximum atomic E-state index is 11.0. The standard InChI is InChI=1S/C9H17N3O2S2/c1-3-5-15-9-7-8(10)12(11-9)4-6-16(2,13)14/h7H,3-6,10H2,1-2H3. The molecule has 1 heterocycles. The lowest BCUT2D eigenvalue weighted by Gasteiger charge is -2.01. The third-order valence-corrected chi connectivity index (χ3v) is 3.95. The largest absolute Gasteiger partial charge is 0.384 e. The second kappa shape index (κ2) is 5.58. The molecule has 1 aromatic heterocycles. The van der Waals surface area contributed by atoms with Gasteiger partial charge in [0, 0.05) is 12.3 Å². The Morgan fingerprint density at radius 2 is 2.25 bits per heavy atom. The van der Waals surface area contributed by atoms with Crippen LogP contribution in [0.2, 0.25) is 0 Å². The predicted octanol–water partition coefficient (Wildman–Crippen LogP) is 1.01. The molecule has 0 unspecified atom stereocenters. The highest BCUT2D eigenvalue weighted by Crippen LogP contribution is 2.19. The van der Waals surface area contributed by atoms with E-state index in [4.69, 9.17) is 5.73 Å². The summed E-state index contributed by atoms with van der Waals surface area (Å²) in [5, 5.41) is 5.10. The van der Waals surface area contributed by atoms with Gasteiger partial charge in [0.2, 0.25) is 0 Å². The molecular weight excluding hydrogens is 246 g/mol. The zero-order valence-electron chi connectivity index (χ0n) is 9.51. The highest BCUT2D eigenvalue weighted by atomic mass is 32.2. The molecule has 0 aliphatic carbocycles.